The van der Waals surface area contributed by atoms with Gasteiger partial charge in [0.15, 0.2) is 0 Å². The van der Waals surface area contributed by atoms with E-state index in [9.17, 15) is 9.59 Å². The maximum atomic E-state index is 12.0. The molecule has 5 nitrogen and oxygen atoms in total. The van der Waals surface area contributed by atoms with E-state index in [4.69, 9.17) is 5.11 Å². The number of amides is 2. The van der Waals surface area contributed by atoms with Crippen molar-refractivity contribution in [2.24, 2.45) is 5.92 Å². The van der Waals surface area contributed by atoms with Crippen LogP contribution in [0, 0.1) is 5.92 Å². The number of hydrogen-bond donors (Lipinski definition) is 2. The number of nitrogens with one attached hydrogen (secondary N) is 1. The lowest BCUT2D eigenvalue weighted by Gasteiger charge is -2.31. The van der Waals surface area contributed by atoms with Crippen molar-refractivity contribution in [2.75, 3.05) is 26.2 Å². The van der Waals surface area contributed by atoms with Crippen molar-refractivity contribution in [3.05, 3.63) is 22.4 Å². The molecule has 116 valence electrons. The Morgan fingerprint density at radius 2 is 2.14 bits per heavy atom. The average Bonchev–Trinajstić information content (AvgIpc) is 3.05. The van der Waals surface area contributed by atoms with Gasteiger partial charge in [-0.3, -0.25) is 9.59 Å². The van der Waals surface area contributed by atoms with Crippen LogP contribution in [0.25, 0.3) is 0 Å². The minimum atomic E-state index is -0.0764. The molecule has 0 aliphatic carbocycles. The first-order valence-electron chi connectivity index (χ1n) is 7.39. The molecule has 0 spiro atoms. The SMILES string of the molecule is O=C(NCCCC(=O)N1CCC(CO)CC1)c1ccsc1. The van der Waals surface area contributed by atoms with Crippen LogP contribution in [-0.4, -0.2) is 48.1 Å². The van der Waals surface area contributed by atoms with Gasteiger partial charge in [-0.25, -0.2) is 0 Å². The minimum absolute atomic E-state index is 0.0764. The number of carbonyl (C=O) groups is 2. The van der Waals surface area contributed by atoms with Crippen molar-refractivity contribution in [2.45, 2.75) is 25.7 Å². The summed E-state index contributed by atoms with van der Waals surface area (Å²) in [4.78, 5) is 25.6. The number of piperidine rings is 1. The third kappa shape index (κ3) is 4.82. The van der Waals surface area contributed by atoms with Crippen molar-refractivity contribution in [3.8, 4) is 0 Å². The van der Waals surface area contributed by atoms with E-state index in [2.05, 4.69) is 5.32 Å². The zero-order chi connectivity index (χ0) is 15.1. The van der Waals surface area contributed by atoms with E-state index in [0.717, 1.165) is 25.9 Å². The van der Waals surface area contributed by atoms with Crippen LogP contribution in [-0.2, 0) is 4.79 Å². The van der Waals surface area contributed by atoms with Gasteiger partial charge >= 0.3 is 0 Å². The Bertz CT molecular complexity index is 453. The van der Waals surface area contributed by atoms with Gasteiger partial charge in [0, 0.05) is 43.6 Å². The van der Waals surface area contributed by atoms with Crippen LogP contribution >= 0.6 is 11.3 Å². The molecule has 0 atom stereocenters. The second-order valence-electron chi connectivity index (χ2n) is 5.38. The van der Waals surface area contributed by atoms with Crippen LogP contribution in [0.3, 0.4) is 0 Å². The zero-order valence-electron chi connectivity index (χ0n) is 12.1. The lowest BCUT2D eigenvalue weighted by Crippen LogP contribution is -2.39. The van der Waals surface area contributed by atoms with Crippen molar-refractivity contribution in [1.82, 2.24) is 10.2 Å². The maximum Gasteiger partial charge on any atom is 0.252 e. The van der Waals surface area contributed by atoms with Crippen molar-refractivity contribution in [1.29, 1.82) is 0 Å². The average molecular weight is 310 g/mol. The Hall–Kier alpha value is -1.40. The normalized spacial score (nSPS) is 16.0. The largest absolute Gasteiger partial charge is 0.396 e. The second-order valence-corrected chi connectivity index (χ2v) is 6.16. The summed E-state index contributed by atoms with van der Waals surface area (Å²) in [6.45, 7) is 2.22. The van der Waals surface area contributed by atoms with Crippen LogP contribution in [0.15, 0.2) is 16.8 Å². The summed E-state index contributed by atoms with van der Waals surface area (Å²) in [6, 6.07) is 1.79. The topological polar surface area (TPSA) is 69.6 Å². The van der Waals surface area contributed by atoms with E-state index >= 15 is 0 Å². The van der Waals surface area contributed by atoms with Gasteiger partial charge < -0.3 is 15.3 Å². The summed E-state index contributed by atoms with van der Waals surface area (Å²) in [5.41, 5.74) is 0.678. The quantitative estimate of drug-likeness (QED) is 0.782. The molecule has 0 bridgehead atoms. The third-order valence-corrected chi connectivity index (χ3v) is 4.55. The van der Waals surface area contributed by atoms with Gasteiger partial charge in [-0.05, 0) is 36.6 Å². The molecular formula is C15H22N2O3S. The molecular weight excluding hydrogens is 288 g/mol. The fourth-order valence-electron chi connectivity index (χ4n) is 2.46. The Balaban J connectivity index is 1.60. The van der Waals surface area contributed by atoms with E-state index in [1.54, 1.807) is 6.07 Å². The summed E-state index contributed by atoms with van der Waals surface area (Å²) in [5, 5.41) is 15.6. The molecule has 1 saturated heterocycles. The minimum Gasteiger partial charge on any atom is -0.396 e. The first kappa shape index (κ1) is 16.0. The summed E-state index contributed by atoms with van der Waals surface area (Å²) >= 11 is 1.49. The first-order chi connectivity index (χ1) is 10.2. The molecule has 1 aromatic heterocycles. The van der Waals surface area contributed by atoms with Crippen molar-refractivity contribution in [3.63, 3.8) is 0 Å². The predicted molar refractivity (Wildman–Crippen MR) is 82.3 cm³/mol. The molecule has 1 fully saturated rings. The number of carbonyl (C=O) groups excluding carboxylic acids is 2. The molecule has 0 unspecified atom stereocenters. The lowest BCUT2D eigenvalue weighted by atomic mass is 9.97. The van der Waals surface area contributed by atoms with Crippen LogP contribution in [0.1, 0.15) is 36.0 Å². The summed E-state index contributed by atoms with van der Waals surface area (Å²) in [6.07, 6.45) is 2.90. The smallest absolute Gasteiger partial charge is 0.252 e. The summed E-state index contributed by atoms with van der Waals surface area (Å²) in [7, 11) is 0. The Kier molecular flexibility index (Phi) is 6.20. The molecule has 1 aliphatic rings. The Morgan fingerprint density at radius 1 is 1.38 bits per heavy atom. The third-order valence-electron chi connectivity index (χ3n) is 3.86. The highest BCUT2D eigenvalue weighted by molar-refractivity contribution is 7.08. The molecule has 1 aromatic rings. The number of rotatable bonds is 6. The molecule has 2 amide bonds. The number of aliphatic hydroxyl groups is 1. The second kappa shape index (κ2) is 8.14. The lowest BCUT2D eigenvalue weighted by molar-refractivity contribution is -0.132. The predicted octanol–water partition coefficient (Wildman–Crippen LogP) is 1.49. The molecule has 0 saturated carbocycles. The van der Waals surface area contributed by atoms with Gasteiger partial charge in [-0.1, -0.05) is 0 Å². The molecule has 6 heteroatoms. The van der Waals surface area contributed by atoms with Gasteiger partial charge in [0.2, 0.25) is 5.91 Å². The van der Waals surface area contributed by atoms with E-state index in [0.29, 0.717) is 30.9 Å². The van der Waals surface area contributed by atoms with E-state index in [1.165, 1.54) is 11.3 Å². The van der Waals surface area contributed by atoms with Crippen LogP contribution < -0.4 is 5.32 Å². The Morgan fingerprint density at radius 3 is 2.76 bits per heavy atom. The van der Waals surface area contributed by atoms with Gasteiger partial charge in [-0.15, -0.1) is 0 Å². The number of thiophene rings is 1. The molecule has 0 radical (unpaired) electrons. The number of aliphatic hydroxyl groups excluding tert-OH is 1. The van der Waals surface area contributed by atoms with Crippen LogP contribution in [0.5, 0.6) is 0 Å². The van der Waals surface area contributed by atoms with E-state index in [1.807, 2.05) is 15.7 Å². The van der Waals surface area contributed by atoms with Crippen LogP contribution in [0.4, 0.5) is 0 Å². The highest BCUT2D eigenvalue weighted by atomic mass is 32.1. The maximum absolute atomic E-state index is 12.0. The monoisotopic (exact) mass is 310 g/mol. The number of likely N-dealkylation sites (tertiary alicyclic amines) is 1. The van der Waals surface area contributed by atoms with Gasteiger partial charge in [-0.2, -0.15) is 11.3 Å². The molecule has 2 N–H and O–H groups in total. The van der Waals surface area contributed by atoms with Crippen molar-refractivity contribution < 1.29 is 14.7 Å². The fourth-order valence-corrected chi connectivity index (χ4v) is 3.10. The molecule has 21 heavy (non-hydrogen) atoms. The van der Waals surface area contributed by atoms with Crippen molar-refractivity contribution >= 4 is 23.2 Å². The molecule has 1 aliphatic heterocycles. The fraction of sp³-hybridized carbons (Fsp3) is 0.600. The summed E-state index contributed by atoms with van der Waals surface area (Å²) < 4.78 is 0. The summed E-state index contributed by atoms with van der Waals surface area (Å²) in [5.74, 6) is 0.419. The number of hydrogen-bond acceptors (Lipinski definition) is 4. The van der Waals surface area contributed by atoms with Crippen LogP contribution in [0.2, 0.25) is 0 Å². The van der Waals surface area contributed by atoms with Gasteiger partial charge in [0.05, 0.1) is 0 Å². The van der Waals surface area contributed by atoms with Gasteiger partial charge in [0.25, 0.3) is 5.91 Å². The molecule has 0 aromatic carbocycles. The highest BCUT2D eigenvalue weighted by Gasteiger charge is 2.21. The number of nitrogens with zero attached hydrogens (tertiary/aromatic N) is 1. The molecule has 2 rings (SSSR count). The highest BCUT2D eigenvalue weighted by Crippen LogP contribution is 2.17. The standard InChI is InChI=1S/C15H22N2O3S/c18-10-12-3-7-17(8-4-12)14(19)2-1-6-16-15(20)13-5-9-21-11-13/h5,9,11-12,18H,1-4,6-8,10H2,(H,16,20). The van der Waals surface area contributed by atoms with E-state index < -0.39 is 0 Å². The zero-order valence-corrected chi connectivity index (χ0v) is 12.9. The molecule has 2 heterocycles. The first-order valence-corrected chi connectivity index (χ1v) is 8.34. The van der Waals surface area contributed by atoms with Gasteiger partial charge in [0.1, 0.15) is 0 Å². The van der Waals surface area contributed by atoms with E-state index in [-0.39, 0.29) is 18.4 Å². The Labute approximate surface area is 129 Å².